The molecule has 0 atom stereocenters. The summed E-state index contributed by atoms with van der Waals surface area (Å²) in [6, 6.07) is 7.37. The van der Waals surface area contributed by atoms with Crippen LogP contribution < -0.4 is 4.74 Å². The van der Waals surface area contributed by atoms with Crippen molar-refractivity contribution < 1.29 is 19.1 Å². The number of rotatable bonds is 10. The Morgan fingerprint density at radius 1 is 0.955 bits per heavy atom. The molecule has 1 rings (SSSR count). The van der Waals surface area contributed by atoms with Gasteiger partial charge in [-0.25, -0.2) is 0 Å². The molecule has 4 nitrogen and oxygen atoms in total. The van der Waals surface area contributed by atoms with Crippen LogP contribution in [0.4, 0.5) is 0 Å². The largest absolute Gasteiger partial charge is 0.466 e. The van der Waals surface area contributed by atoms with E-state index in [4.69, 9.17) is 9.47 Å². The Hall–Kier alpha value is -1.84. The Labute approximate surface area is 132 Å². The van der Waals surface area contributed by atoms with Crippen molar-refractivity contribution in [2.24, 2.45) is 0 Å². The van der Waals surface area contributed by atoms with E-state index in [-0.39, 0.29) is 24.8 Å². The molecule has 0 aliphatic rings. The summed E-state index contributed by atoms with van der Waals surface area (Å²) in [7, 11) is 0. The van der Waals surface area contributed by atoms with Crippen molar-refractivity contribution in [2.75, 3.05) is 6.61 Å². The first kappa shape index (κ1) is 18.2. The van der Waals surface area contributed by atoms with Gasteiger partial charge in [-0.2, -0.15) is 0 Å². The topological polar surface area (TPSA) is 52.6 Å². The predicted octanol–water partition coefficient (Wildman–Crippen LogP) is 4.19. The van der Waals surface area contributed by atoms with Crippen LogP contribution in [0.3, 0.4) is 0 Å². The van der Waals surface area contributed by atoms with Crippen molar-refractivity contribution in [3.63, 3.8) is 0 Å². The van der Waals surface area contributed by atoms with Crippen LogP contribution in [-0.2, 0) is 14.3 Å². The van der Waals surface area contributed by atoms with Crippen molar-refractivity contribution in [1.29, 1.82) is 0 Å². The lowest BCUT2D eigenvalue weighted by Gasteiger charge is -2.07. The molecule has 122 valence electrons. The van der Waals surface area contributed by atoms with Gasteiger partial charge >= 0.3 is 11.9 Å². The van der Waals surface area contributed by atoms with E-state index in [1.165, 1.54) is 6.42 Å². The molecule has 0 saturated carbocycles. The molecule has 0 N–H and O–H groups in total. The first-order valence-corrected chi connectivity index (χ1v) is 8.05. The molecule has 22 heavy (non-hydrogen) atoms. The molecular weight excluding hydrogens is 280 g/mol. The minimum absolute atomic E-state index is 0.221. The molecular formula is C18H26O4. The smallest absolute Gasteiger partial charge is 0.311 e. The molecule has 0 bridgehead atoms. The lowest BCUT2D eigenvalue weighted by molar-refractivity contribution is -0.144. The van der Waals surface area contributed by atoms with Gasteiger partial charge in [-0.1, -0.05) is 44.4 Å². The third kappa shape index (κ3) is 7.81. The predicted molar refractivity (Wildman–Crippen MR) is 85.8 cm³/mol. The van der Waals surface area contributed by atoms with Crippen molar-refractivity contribution in [2.45, 2.75) is 58.8 Å². The number of ether oxygens (including phenoxy) is 2. The summed E-state index contributed by atoms with van der Waals surface area (Å²) < 4.78 is 10.4. The zero-order chi connectivity index (χ0) is 16.2. The zero-order valence-electron chi connectivity index (χ0n) is 13.6. The molecule has 0 spiro atoms. The Kier molecular flexibility index (Phi) is 8.96. The van der Waals surface area contributed by atoms with Gasteiger partial charge in [0.15, 0.2) is 0 Å². The fourth-order valence-corrected chi connectivity index (χ4v) is 2.01. The summed E-state index contributed by atoms with van der Waals surface area (Å²) in [6.07, 6.45) is 5.27. The van der Waals surface area contributed by atoms with Crippen LogP contribution in [0.25, 0.3) is 0 Å². The van der Waals surface area contributed by atoms with Crippen LogP contribution in [0.2, 0.25) is 0 Å². The number of hydrogen-bond acceptors (Lipinski definition) is 4. The molecule has 0 aliphatic heterocycles. The molecule has 0 heterocycles. The second kappa shape index (κ2) is 10.8. The number of benzene rings is 1. The molecule has 0 saturated heterocycles. The average molecular weight is 306 g/mol. The van der Waals surface area contributed by atoms with E-state index in [0.29, 0.717) is 18.8 Å². The van der Waals surface area contributed by atoms with Gasteiger partial charge in [0.2, 0.25) is 0 Å². The zero-order valence-corrected chi connectivity index (χ0v) is 13.6. The fourth-order valence-electron chi connectivity index (χ4n) is 2.01. The SMILES string of the molecule is CCCCCCOC(=O)CCCC(=O)Oc1ccccc1C. The van der Waals surface area contributed by atoms with Gasteiger partial charge in [0.05, 0.1) is 6.61 Å². The number of carbonyl (C=O) groups is 2. The summed E-state index contributed by atoms with van der Waals surface area (Å²) in [5.74, 6) is 0.0243. The standard InChI is InChI=1S/C18H26O4/c1-3-4-5-8-14-21-17(19)12-9-13-18(20)22-16-11-7-6-10-15(16)2/h6-7,10-11H,3-5,8-9,12-14H2,1-2H3. The minimum atomic E-state index is -0.315. The molecule has 0 fully saturated rings. The van der Waals surface area contributed by atoms with Gasteiger partial charge in [0.1, 0.15) is 5.75 Å². The van der Waals surface area contributed by atoms with Crippen LogP contribution in [0.5, 0.6) is 5.75 Å². The summed E-state index contributed by atoms with van der Waals surface area (Å²) in [5.41, 5.74) is 0.919. The maximum atomic E-state index is 11.7. The van der Waals surface area contributed by atoms with Crippen LogP contribution in [-0.4, -0.2) is 18.5 Å². The van der Waals surface area contributed by atoms with E-state index in [2.05, 4.69) is 6.92 Å². The summed E-state index contributed by atoms with van der Waals surface area (Å²) in [5, 5.41) is 0. The highest BCUT2D eigenvalue weighted by Gasteiger charge is 2.09. The average Bonchev–Trinajstić information content (AvgIpc) is 2.49. The van der Waals surface area contributed by atoms with E-state index < -0.39 is 0 Å². The van der Waals surface area contributed by atoms with Crippen LogP contribution >= 0.6 is 0 Å². The van der Waals surface area contributed by atoms with Gasteiger partial charge in [-0.3, -0.25) is 9.59 Å². The summed E-state index contributed by atoms with van der Waals surface area (Å²) in [6.45, 7) is 4.51. The van der Waals surface area contributed by atoms with Gasteiger partial charge in [0, 0.05) is 12.8 Å². The molecule has 1 aromatic carbocycles. The second-order valence-electron chi connectivity index (χ2n) is 5.37. The molecule has 1 aromatic rings. The fraction of sp³-hybridized carbons (Fsp3) is 0.556. The number of carbonyl (C=O) groups excluding carboxylic acids is 2. The molecule has 0 unspecified atom stereocenters. The first-order valence-electron chi connectivity index (χ1n) is 8.05. The van der Waals surface area contributed by atoms with Gasteiger partial charge in [-0.05, 0) is 31.4 Å². The van der Waals surface area contributed by atoms with E-state index in [1.54, 1.807) is 6.07 Å². The third-order valence-electron chi connectivity index (χ3n) is 3.34. The molecule has 0 radical (unpaired) electrons. The summed E-state index contributed by atoms with van der Waals surface area (Å²) >= 11 is 0. The van der Waals surface area contributed by atoms with Gasteiger partial charge in [0.25, 0.3) is 0 Å². The lowest BCUT2D eigenvalue weighted by atomic mass is 10.2. The first-order chi connectivity index (χ1) is 10.6. The van der Waals surface area contributed by atoms with E-state index >= 15 is 0 Å². The number of hydrogen-bond donors (Lipinski definition) is 0. The van der Waals surface area contributed by atoms with Crippen LogP contribution in [0.1, 0.15) is 57.4 Å². The Balaban J connectivity index is 2.12. The molecule has 4 heteroatoms. The van der Waals surface area contributed by atoms with Gasteiger partial charge < -0.3 is 9.47 Å². The second-order valence-corrected chi connectivity index (χ2v) is 5.37. The van der Waals surface area contributed by atoms with Crippen LogP contribution in [0.15, 0.2) is 24.3 Å². The van der Waals surface area contributed by atoms with E-state index in [9.17, 15) is 9.59 Å². The van der Waals surface area contributed by atoms with E-state index in [0.717, 1.165) is 24.8 Å². The van der Waals surface area contributed by atoms with Gasteiger partial charge in [-0.15, -0.1) is 0 Å². The van der Waals surface area contributed by atoms with Crippen molar-refractivity contribution >= 4 is 11.9 Å². The highest BCUT2D eigenvalue weighted by molar-refractivity contribution is 5.74. The number of unbranched alkanes of at least 4 members (excludes halogenated alkanes) is 3. The highest BCUT2D eigenvalue weighted by atomic mass is 16.5. The number of aryl methyl sites for hydroxylation is 1. The molecule has 0 aliphatic carbocycles. The van der Waals surface area contributed by atoms with E-state index in [1.807, 2.05) is 25.1 Å². The maximum Gasteiger partial charge on any atom is 0.311 e. The maximum absolute atomic E-state index is 11.7. The summed E-state index contributed by atoms with van der Waals surface area (Å²) in [4.78, 5) is 23.2. The molecule has 0 amide bonds. The molecule has 0 aromatic heterocycles. The van der Waals surface area contributed by atoms with Crippen molar-refractivity contribution in [1.82, 2.24) is 0 Å². The lowest BCUT2D eigenvalue weighted by Crippen LogP contribution is -2.11. The quantitative estimate of drug-likeness (QED) is 0.369. The van der Waals surface area contributed by atoms with Crippen molar-refractivity contribution in [3.05, 3.63) is 29.8 Å². The third-order valence-corrected chi connectivity index (χ3v) is 3.34. The highest BCUT2D eigenvalue weighted by Crippen LogP contribution is 2.17. The normalized spacial score (nSPS) is 10.3. The Morgan fingerprint density at radius 2 is 1.68 bits per heavy atom. The van der Waals surface area contributed by atoms with Crippen LogP contribution in [0, 0.1) is 6.92 Å². The Bertz CT molecular complexity index is 468. The number of para-hydroxylation sites is 1. The minimum Gasteiger partial charge on any atom is -0.466 e. The monoisotopic (exact) mass is 306 g/mol. The Morgan fingerprint density at radius 3 is 2.41 bits per heavy atom. The van der Waals surface area contributed by atoms with Crippen molar-refractivity contribution in [3.8, 4) is 5.75 Å². The number of esters is 2.